The summed E-state index contributed by atoms with van der Waals surface area (Å²) in [5.41, 5.74) is 6.54. The molecule has 0 bridgehead atoms. The molecule has 2 aromatic rings. The molecule has 1 aliphatic carbocycles. The minimum Gasteiger partial charge on any atom is -0.0889 e. The van der Waals surface area contributed by atoms with Crippen LogP contribution in [0.5, 0.6) is 0 Å². The second kappa shape index (κ2) is 5.32. The Kier molecular flexibility index (Phi) is 3.37. The second-order valence-electron chi connectivity index (χ2n) is 5.09. The van der Waals surface area contributed by atoms with E-state index in [-0.39, 0.29) is 0 Å². The summed E-state index contributed by atoms with van der Waals surface area (Å²) in [7, 11) is 2.12. The third-order valence-corrected chi connectivity index (χ3v) is 3.58. The van der Waals surface area contributed by atoms with Gasteiger partial charge in [-0.25, -0.2) is 0 Å². The third kappa shape index (κ3) is 2.71. The van der Waals surface area contributed by atoms with Crippen LogP contribution in [0.2, 0.25) is 0 Å². The van der Waals surface area contributed by atoms with Gasteiger partial charge >= 0.3 is 0 Å². The molecule has 0 aromatic heterocycles. The fraction of sp³-hybridized carbons (Fsp3) is 0.111. The smallest absolute Gasteiger partial charge is 0.0889 e. The van der Waals surface area contributed by atoms with Gasteiger partial charge in [0.25, 0.3) is 0 Å². The highest BCUT2D eigenvalue weighted by atomic mass is 14.1. The van der Waals surface area contributed by atoms with Gasteiger partial charge in [-0.15, -0.1) is 0 Å². The number of hydrogen-bond donors (Lipinski definition) is 0. The van der Waals surface area contributed by atoms with Gasteiger partial charge in [0.15, 0.2) is 0 Å². The minimum atomic E-state index is 1.15. The molecule has 0 unspecified atom stereocenters. The summed E-state index contributed by atoms with van der Waals surface area (Å²) in [5.74, 6) is 0. The molecule has 0 aliphatic heterocycles. The Hall–Kier alpha value is -2.02. The lowest BCUT2D eigenvalue weighted by Gasteiger charge is -2.09. The first-order valence-electron chi connectivity index (χ1n) is 6.87. The van der Waals surface area contributed by atoms with Crippen LogP contribution in [0.4, 0.5) is 0 Å². The van der Waals surface area contributed by atoms with E-state index in [2.05, 4.69) is 74.6 Å². The highest BCUT2D eigenvalue weighted by Crippen LogP contribution is 2.26. The number of hydrogen-bond acceptors (Lipinski definition) is 0. The number of allylic oxidation sites excluding steroid dienone is 4. The van der Waals surface area contributed by atoms with Crippen molar-refractivity contribution in [2.24, 2.45) is 0 Å². The van der Waals surface area contributed by atoms with Gasteiger partial charge in [-0.3, -0.25) is 0 Å². The van der Waals surface area contributed by atoms with Crippen molar-refractivity contribution < 1.29 is 0 Å². The van der Waals surface area contributed by atoms with Crippen LogP contribution in [0.15, 0.2) is 66.8 Å². The average molecular weight is 244 g/mol. The van der Waals surface area contributed by atoms with Gasteiger partial charge in [-0.1, -0.05) is 66.2 Å². The quantitative estimate of drug-likeness (QED) is 0.711. The van der Waals surface area contributed by atoms with Gasteiger partial charge in [-0.2, -0.15) is 0 Å². The summed E-state index contributed by atoms with van der Waals surface area (Å²) in [6, 6.07) is 17.5. The SMILES string of the molecule is Bc1ccc(-c2cccc(C3=CCCC=C3)c2)cc1. The Labute approximate surface area is 115 Å². The maximum absolute atomic E-state index is 2.33. The molecule has 0 nitrogen and oxygen atoms in total. The van der Waals surface area contributed by atoms with Crippen molar-refractivity contribution in [2.45, 2.75) is 12.8 Å². The molecule has 19 heavy (non-hydrogen) atoms. The first-order chi connectivity index (χ1) is 9.33. The fourth-order valence-corrected chi connectivity index (χ4v) is 2.45. The third-order valence-electron chi connectivity index (χ3n) is 3.58. The lowest BCUT2D eigenvalue weighted by Crippen LogP contribution is -1.99. The van der Waals surface area contributed by atoms with E-state index in [1.807, 2.05) is 0 Å². The Morgan fingerprint density at radius 2 is 1.58 bits per heavy atom. The monoisotopic (exact) mass is 244 g/mol. The Balaban J connectivity index is 1.98. The van der Waals surface area contributed by atoms with Crippen LogP contribution < -0.4 is 5.46 Å². The van der Waals surface area contributed by atoms with Crippen molar-refractivity contribution in [1.82, 2.24) is 0 Å². The van der Waals surface area contributed by atoms with Crippen LogP contribution in [0.25, 0.3) is 16.7 Å². The zero-order valence-corrected chi connectivity index (χ0v) is 11.3. The summed E-state index contributed by atoms with van der Waals surface area (Å²) in [6.07, 6.45) is 9.14. The predicted octanol–water partition coefficient (Wildman–Crippen LogP) is 3.35. The van der Waals surface area contributed by atoms with E-state index < -0.39 is 0 Å². The molecule has 2 aromatic carbocycles. The Morgan fingerprint density at radius 1 is 0.789 bits per heavy atom. The van der Waals surface area contributed by atoms with Crippen molar-refractivity contribution >= 4 is 18.9 Å². The van der Waals surface area contributed by atoms with E-state index in [9.17, 15) is 0 Å². The molecule has 0 N–H and O–H groups in total. The van der Waals surface area contributed by atoms with E-state index in [1.54, 1.807) is 0 Å². The van der Waals surface area contributed by atoms with Gasteiger partial charge in [0.05, 0.1) is 0 Å². The van der Waals surface area contributed by atoms with Crippen molar-refractivity contribution in [3.8, 4) is 11.1 Å². The lowest BCUT2D eigenvalue weighted by atomic mass is 9.92. The van der Waals surface area contributed by atoms with Gasteiger partial charge in [0.1, 0.15) is 7.85 Å². The van der Waals surface area contributed by atoms with Crippen LogP contribution in [-0.4, -0.2) is 7.85 Å². The molecule has 0 saturated heterocycles. The van der Waals surface area contributed by atoms with Crippen LogP contribution in [0.1, 0.15) is 18.4 Å². The largest absolute Gasteiger partial charge is 0.139 e. The molecule has 0 fully saturated rings. The molecular weight excluding hydrogens is 227 g/mol. The summed E-state index contributed by atoms with van der Waals surface area (Å²) in [6.45, 7) is 0. The standard InChI is InChI=1S/C18H17B/c19-18-11-9-15(10-12-18)17-8-4-7-16(13-17)14-5-2-1-3-6-14/h2,4-13H,1,3,19H2. The highest BCUT2D eigenvalue weighted by Gasteiger charge is 2.03. The lowest BCUT2D eigenvalue weighted by molar-refractivity contribution is 1.04. The van der Waals surface area contributed by atoms with Crippen LogP contribution in [-0.2, 0) is 0 Å². The maximum Gasteiger partial charge on any atom is 0.139 e. The average Bonchev–Trinajstić information content (AvgIpc) is 2.49. The normalized spacial score (nSPS) is 14.2. The van der Waals surface area contributed by atoms with Gasteiger partial charge in [-0.05, 0) is 41.2 Å². The first-order valence-corrected chi connectivity index (χ1v) is 6.87. The second-order valence-corrected chi connectivity index (χ2v) is 5.09. The van der Waals surface area contributed by atoms with Crippen molar-refractivity contribution in [1.29, 1.82) is 0 Å². The predicted molar refractivity (Wildman–Crippen MR) is 86.4 cm³/mol. The minimum absolute atomic E-state index is 1.15. The van der Waals surface area contributed by atoms with Crippen molar-refractivity contribution in [2.75, 3.05) is 0 Å². The molecule has 92 valence electrons. The summed E-state index contributed by atoms with van der Waals surface area (Å²) in [5, 5.41) is 0. The Bertz CT molecular complexity index is 633. The van der Waals surface area contributed by atoms with Crippen LogP contribution >= 0.6 is 0 Å². The van der Waals surface area contributed by atoms with Gasteiger partial charge < -0.3 is 0 Å². The van der Waals surface area contributed by atoms with Crippen molar-refractivity contribution in [3.63, 3.8) is 0 Å². The highest BCUT2D eigenvalue weighted by molar-refractivity contribution is 6.32. The van der Waals surface area contributed by atoms with Crippen molar-refractivity contribution in [3.05, 3.63) is 72.3 Å². The molecule has 0 amide bonds. The first kappa shape index (κ1) is 12.0. The van der Waals surface area contributed by atoms with Crippen LogP contribution in [0, 0.1) is 0 Å². The van der Waals surface area contributed by atoms with E-state index in [0.29, 0.717) is 0 Å². The molecule has 0 radical (unpaired) electrons. The summed E-state index contributed by atoms with van der Waals surface area (Å²) in [4.78, 5) is 0. The molecule has 0 saturated carbocycles. The molecular formula is C18H17B. The maximum atomic E-state index is 2.33. The summed E-state index contributed by atoms with van der Waals surface area (Å²) >= 11 is 0. The molecule has 1 aliphatic rings. The molecule has 0 spiro atoms. The molecule has 1 heteroatoms. The molecule has 3 rings (SSSR count). The number of benzene rings is 2. The van der Waals surface area contributed by atoms with E-state index in [4.69, 9.17) is 0 Å². The van der Waals surface area contributed by atoms with Crippen LogP contribution in [0.3, 0.4) is 0 Å². The van der Waals surface area contributed by atoms with E-state index in [0.717, 1.165) is 6.42 Å². The number of rotatable bonds is 2. The van der Waals surface area contributed by atoms with Gasteiger partial charge in [0.2, 0.25) is 0 Å². The van der Waals surface area contributed by atoms with Gasteiger partial charge in [0, 0.05) is 0 Å². The zero-order chi connectivity index (χ0) is 13.1. The fourth-order valence-electron chi connectivity index (χ4n) is 2.45. The van der Waals surface area contributed by atoms with E-state index in [1.165, 1.54) is 34.1 Å². The molecule has 0 heterocycles. The topological polar surface area (TPSA) is 0 Å². The Morgan fingerprint density at radius 3 is 2.32 bits per heavy atom. The summed E-state index contributed by atoms with van der Waals surface area (Å²) < 4.78 is 0. The molecule has 0 atom stereocenters. The van der Waals surface area contributed by atoms with E-state index >= 15 is 0 Å². The zero-order valence-electron chi connectivity index (χ0n) is 11.3.